The van der Waals surface area contributed by atoms with Gasteiger partial charge in [-0.05, 0) is 42.5 Å². The molecule has 0 atom stereocenters. The van der Waals surface area contributed by atoms with Gasteiger partial charge in [-0.2, -0.15) is 0 Å². The van der Waals surface area contributed by atoms with E-state index in [9.17, 15) is 5.11 Å². The largest absolute Gasteiger partial charge is 0.491 e. The molecule has 0 aromatic heterocycles. The van der Waals surface area contributed by atoms with Crippen molar-refractivity contribution in [3.05, 3.63) is 65.7 Å². The molecule has 1 aliphatic carbocycles. The van der Waals surface area contributed by atoms with Crippen molar-refractivity contribution in [2.24, 2.45) is 0 Å². The second-order valence-electron chi connectivity index (χ2n) is 6.03. The second-order valence-corrected chi connectivity index (χ2v) is 6.03. The van der Waals surface area contributed by atoms with Crippen LogP contribution in [0.2, 0.25) is 0 Å². The Hall–Kier alpha value is -1.80. The fourth-order valence-corrected chi connectivity index (χ4v) is 2.93. The zero-order valence-electron chi connectivity index (χ0n) is 12.3. The van der Waals surface area contributed by atoms with Crippen molar-refractivity contribution in [3.8, 4) is 5.75 Å². The number of benzene rings is 2. The summed E-state index contributed by atoms with van der Waals surface area (Å²) >= 11 is 0. The van der Waals surface area contributed by atoms with Crippen molar-refractivity contribution in [1.29, 1.82) is 0 Å². The molecule has 2 aromatic rings. The summed E-state index contributed by atoms with van der Waals surface area (Å²) in [7, 11) is 0. The van der Waals surface area contributed by atoms with Gasteiger partial charge in [-0.15, -0.1) is 0 Å². The Bertz CT molecular complexity index is 554. The van der Waals surface area contributed by atoms with Crippen LogP contribution in [0.1, 0.15) is 36.8 Å². The van der Waals surface area contributed by atoms with Crippen molar-refractivity contribution < 1.29 is 9.84 Å². The molecule has 0 radical (unpaired) electrons. The summed E-state index contributed by atoms with van der Waals surface area (Å²) in [4.78, 5) is 0. The van der Waals surface area contributed by atoms with Gasteiger partial charge < -0.3 is 9.84 Å². The van der Waals surface area contributed by atoms with E-state index in [0.29, 0.717) is 6.61 Å². The third kappa shape index (κ3) is 3.85. The molecule has 1 aliphatic rings. The molecule has 0 bridgehead atoms. The van der Waals surface area contributed by atoms with Crippen LogP contribution in [-0.2, 0) is 6.42 Å². The van der Waals surface area contributed by atoms with Crippen molar-refractivity contribution in [2.45, 2.75) is 37.7 Å². The summed E-state index contributed by atoms with van der Waals surface area (Å²) in [5, 5.41) is 10.3. The van der Waals surface area contributed by atoms with Crippen LogP contribution in [0.25, 0.3) is 0 Å². The first kappa shape index (κ1) is 14.2. The molecule has 110 valence electrons. The molecule has 0 amide bonds. The van der Waals surface area contributed by atoms with Crippen LogP contribution in [0.3, 0.4) is 0 Å². The lowest BCUT2D eigenvalue weighted by molar-refractivity contribution is 0.00141. The normalized spacial score (nSPS) is 16.8. The van der Waals surface area contributed by atoms with Crippen LogP contribution in [0.5, 0.6) is 5.75 Å². The smallest absolute Gasteiger partial charge is 0.119 e. The Morgan fingerprint density at radius 2 is 1.48 bits per heavy atom. The molecule has 0 heterocycles. The molecular formula is C19H22O2. The standard InChI is InChI=1S/C19H22O2/c20-19(12-4-5-13-19)15-21-18-10-8-17(9-11-18)14-16-6-2-1-3-7-16/h1-3,6-11,20H,4-5,12-15H2. The molecule has 2 aromatic carbocycles. The minimum atomic E-state index is -0.608. The predicted octanol–water partition coefficient (Wildman–Crippen LogP) is 3.96. The van der Waals surface area contributed by atoms with Crippen LogP contribution in [0, 0.1) is 0 Å². The Balaban J connectivity index is 1.56. The van der Waals surface area contributed by atoms with Crippen molar-refractivity contribution in [2.75, 3.05) is 6.61 Å². The molecule has 2 nitrogen and oxygen atoms in total. The van der Waals surface area contributed by atoms with E-state index in [1.807, 2.05) is 18.2 Å². The first-order valence-electron chi connectivity index (χ1n) is 7.72. The molecule has 1 fully saturated rings. The number of aliphatic hydroxyl groups is 1. The van der Waals surface area contributed by atoms with Gasteiger partial charge in [0.05, 0.1) is 5.60 Å². The summed E-state index contributed by atoms with van der Waals surface area (Å²) < 4.78 is 5.75. The van der Waals surface area contributed by atoms with Gasteiger partial charge in [0.1, 0.15) is 12.4 Å². The lowest BCUT2D eigenvalue weighted by Gasteiger charge is -2.22. The van der Waals surface area contributed by atoms with Crippen LogP contribution in [0.15, 0.2) is 54.6 Å². The van der Waals surface area contributed by atoms with E-state index in [-0.39, 0.29) is 0 Å². The maximum Gasteiger partial charge on any atom is 0.119 e. The van der Waals surface area contributed by atoms with Gasteiger partial charge in [0.25, 0.3) is 0 Å². The Morgan fingerprint density at radius 1 is 0.857 bits per heavy atom. The first-order valence-corrected chi connectivity index (χ1v) is 7.72. The van der Waals surface area contributed by atoms with Crippen molar-refractivity contribution in [3.63, 3.8) is 0 Å². The SMILES string of the molecule is OC1(COc2ccc(Cc3ccccc3)cc2)CCCC1. The lowest BCUT2D eigenvalue weighted by atomic mass is 10.0. The van der Waals surface area contributed by atoms with E-state index in [1.54, 1.807) is 0 Å². The Morgan fingerprint density at radius 3 is 2.14 bits per heavy atom. The third-order valence-electron chi connectivity index (χ3n) is 4.22. The summed E-state index contributed by atoms with van der Waals surface area (Å²) in [6, 6.07) is 18.6. The van der Waals surface area contributed by atoms with Gasteiger partial charge in [-0.3, -0.25) is 0 Å². The molecule has 0 unspecified atom stereocenters. The van der Waals surface area contributed by atoms with Gasteiger partial charge in [0.15, 0.2) is 0 Å². The maximum atomic E-state index is 10.3. The third-order valence-corrected chi connectivity index (χ3v) is 4.22. The maximum absolute atomic E-state index is 10.3. The summed E-state index contributed by atoms with van der Waals surface area (Å²) in [6.45, 7) is 0.408. The van der Waals surface area contributed by atoms with Crippen LogP contribution in [0.4, 0.5) is 0 Å². The van der Waals surface area contributed by atoms with Gasteiger partial charge in [0, 0.05) is 0 Å². The molecule has 1 saturated carbocycles. The fourth-order valence-electron chi connectivity index (χ4n) is 2.93. The zero-order chi connectivity index (χ0) is 14.5. The zero-order valence-corrected chi connectivity index (χ0v) is 12.3. The molecule has 0 spiro atoms. The van der Waals surface area contributed by atoms with Gasteiger partial charge >= 0.3 is 0 Å². The lowest BCUT2D eigenvalue weighted by Crippen LogP contribution is -2.32. The highest BCUT2D eigenvalue weighted by atomic mass is 16.5. The molecule has 1 N–H and O–H groups in total. The molecule has 21 heavy (non-hydrogen) atoms. The molecule has 0 saturated heterocycles. The predicted molar refractivity (Wildman–Crippen MR) is 84.6 cm³/mol. The average molecular weight is 282 g/mol. The van der Waals surface area contributed by atoms with Gasteiger partial charge in [-0.1, -0.05) is 55.3 Å². The number of ether oxygens (including phenoxy) is 1. The fraction of sp³-hybridized carbons (Fsp3) is 0.368. The Kier molecular flexibility index (Phi) is 4.26. The molecule has 3 rings (SSSR count). The van der Waals surface area contributed by atoms with E-state index in [4.69, 9.17) is 4.74 Å². The molecule has 2 heteroatoms. The van der Waals surface area contributed by atoms with Gasteiger partial charge in [0.2, 0.25) is 0 Å². The Labute approximate surface area is 126 Å². The monoisotopic (exact) mass is 282 g/mol. The van der Waals surface area contributed by atoms with E-state index in [1.165, 1.54) is 11.1 Å². The summed E-state index contributed by atoms with van der Waals surface area (Å²) in [6.07, 6.45) is 4.87. The van der Waals surface area contributed by atoms with Crippen molar-refractivity contribution >= 4 is 0 Å². The minimum Gasteiger partial charge on any atom is -0.491 e. The number of hydrogen-bond donors (Lipinski definition) is 1. The van der Waals surface area contributed by atoms with Crippen LogP contribution < -0.4 is 4.74 Å². The minimum absolute atomic E-state index is 0.408. The second kappa shape index (κ2) is 6.31. The highest BCUT2D eigenvalue weighted by molar-refractivity contribution is 5.31. The number of rotatable bonds is 5. The van der Waals surface area contributed by atoms with E-state index in [2.05, 4.69) is 36.4 Å². The highest BCUT2D eigenvalue weighted by Crippen LogP contribution is 2.30. The number of hydrogen-bond acceptors (Lipinski definition) is 2. The van der Waals surface area contributed by atoms with E-state index < -0.39 is 5.60 Å². The quantitative estimate of drug-likeness (QED) is 0.899. The van der Waals surface area contributed by atoms with E-state index in [0.717, 1.165) is 37.9 Å². The van der Waals surface area contributed by atoms with Crippen LogP contribution in [-0.4, -0.2) is 17.3 Å². The van der Waals surface area contributed by atoms with E-state index >= 15 is 0 Å². The first-order chi connectivity index (χ1) is 10.2. The molecule has 0 aliphatic heterocycles. The highest BCUT2D eigenvalue weighted by Gasteiger charge is 2.31. The van der Waals surface area contributed by atoms with Gasteiger partial charge in [-0.25, -0.2) is 0 Å². The average Bonchev–Trinajstić information content (AvgIpc) is 2.95. The summed E-state index contributed by atoms with van der Waals surface area (Å²) in [5.74, 6) is 0.840. The topological polar surface area (TPSA) is 29.5 Å². The van der Waals surface area contributed by atoms with Crippen LogP contribution >= 0.6 is 0 Å². The molecular weight excluding hydrogens is 260 g/mol. The summed E-state index contributed by atoms with van der Waals surface area (Å²) in [5.41, 5.74) is 1.97. The van der Waals surface area contributed by atoms with Crippen molar-refractivity contribution in [1.82, 2.24) is 0 Å².